The van der Waals surface area contributed by atoms with Crippen molar-refractivity contribution in [3.8, 4) is 17.5 Å². The zero-order valence-corrected chi connectivity index (χ0v) is 15.2. The van der Waals surface area contributed by atoms with Crippen LogP contribution in [-0.4, -0.2) is 16.2 Å². The zero-order chi connectivity index (χ0) is 18.5. The summed E-state index contributed by atoms with van der Waals surface area (Å²) in [5.41, 5.74) is 5.50. The first-order chi connectivity index (χ1) is 12.6. The first kappa shape index (κ1) is 17.5. The minimum Gasteiger partial charge on any atom is -0.494 e. The molecule has 26 heavy (non-hydrogen) atoms. The number of nitrogens with zero attached hydrogens (tertiary/aromatic N) is 3. The molecule has 0 saturated carbocycles. The topological polar surface area (TPSA) is 50.8 Å². The Morgan fingerprint density at radius 2 is 1.96 bits per heavy atom. The molecule has 0 fully saturated rings. The van der Waals surface area contributed by atoms with Crippen molar-refractivity contribution >= 4 is 11.6 Å². The van der Waals surface area contributed by atoms with Gasteiger partial charge in [0.1, 0.15) is 11.8 Å². The maximum Gasteiger partial charge on any atom is 0.119 e. The molecule has 0 bridgehead atoms. The van der Waals surface area contributed by atoms with Crippen LogP contribution in [0.5, 0.6) is 5.75 Å². The van der Waals surface area contributed by atoms with E-state index in [1.54, 1.807) is 6.20 Å². The van der Waals surface area contributed by atoms with Gasteiger partial charge in [-0.1, -0.05) is 6.07 Å². The van der Waals surface area contributed by atoms with E-state index in [-0.39, 0.29) is 0 Å². The quantitative estimate of drug-likeness (QED) is 0.616. The zero-order valence-electron chi connectivity index (χ0n) is 15.2. The summed E-state index contributed by atoms with van der Waals surface area (Å²) in [6.07, 6.45) is 3.60. The lowest BCUT2D eigenvalue weighted by Crippen LogP contribution is -1.99. The predicted octanol–water partition coefficient (Wildman–Crippen LogP) is 4.95. The van der Waals surface area contributed by atoms with Crippen molar-refractivity contribution in [3.63, 3.8) is 0 Å². The molecule has 0 aliphatic rings. The van der Waals surface area contributed by atoms with Crippen LogP contribution in [0, 0.1) is 25.2 Å². The van der Waals surface area contributed by atoms with E-state index in [2.05, 4.69) is 35.5 Å². The molecule has 4 heteroatoms. The summed E-state index contributed by atoms with van der Waals surface area (Å²) in [5, 5.41) is 9.53. The number of aromatic nitrogens is 2. The third kappa shape index (κ3) is 3.52. The molecule has 0 amide bonds. The van der Waals surface area contributed by atoms with Gasteiger partial charge in [0.25, 0.3) is 0 Å². The van der Waals surface area contributed by atoms with E-state index < -0.39 is 0 Å². The number of allylic oxidation sites excluding steroid dienone is 1. The molecule has 3 rings (SSSR count). The van der Waals surface area contributed by atoms with Gasteiger partial charge < -0.3 is 9.30 Å². The molecular formula is C22H21N3O. The van der Waals surface area contributed by atoms with Crippen molar-refractivity contribution in [2.45, 2.75) is 20.8 Å². The Kier molecular flexibility index (Phi) is 5.19. The molecule has 2 heterocycles. The van der Waals surface area contributed by atoms with Gasteiger partial charge in [-0.15, -0.1) is 0 Å². The average molecular weight is 343 g/mol. The Labute approximate surface area is 154 Å². The number of nitriles is 1. The number of aryl methyl sites for hydroxylation is 1. The SMILES string of the molecule is CCOc1ccc(-n2c(C)cc(C=C(C#N)c3ccccn3)c2C)cc1. The lowest BCUT2D eigenvalue weighted by atomic mass is 10.1. The van der Waals surface area contributed by atoms with E-state index >= 15 is 0 Å². The summed E-state index contributed by atoms with van der Waals surface area (Å²) < 4.78 is 7.69. The molecule has 0 spiro atoms. The Bertz CT molecular complexity index is 961. The van der Waals surface area contributed by atoms with Gasteiger partial charge in [-0.25, -0.2) is 0 Å². The van der Waals surface area contributed by atoms with Crippen molar-refractivity contribution in [3.05, 3.63) is 77.4 Å². The highest BCUT2D eigenvalue weighted by Gasteiger charge is 2.11. The van der Waals surface area contributed by atoms with Gasteiger partial charge >= 0.3 is 0 Å². The van der Waals surface area contributed by atoms with Crippen molar-refractivity contribution in [2.24, 2.45) is 0 Å². The van der Waals surface area contributed by atoms with E-state index in [0.717, 1.165) is 28.4 Å². The third-order valence-electron chi connectivity index (χ3n) is 4.24. The summed E-state index contributed by atoms with van der Waals surface area (Å²) in [6, 6.07) is 18.0. The van der Waals surface area contributed by atoms with Crippen LogP contribution in [0.3, 0.4) is 0 Å². The summed E-state index contributed by atoms with van der Waals surface area (Å²) in [4.78, 5) is 4.28. The van der Waals surface area contributed by atoms with Crippen LogP contribution in [0.1, 0.15) is 29.6 Å². The first-order valence-corrected chi connectivity index (χ1v) is 8.59. The van der Waals surface area contributed by atoms with Crippen LogP contribution < -0.4 is 4.74 Å². The summed E-state index contributed by atoms with van der Waals surface area (Å²) in [6.45, 7) is 6.75. The van der Waals surface area contributed by atoms with Gasteiger partial charge in [-0.3, -0.25) is 4.98 Å². The molecule has 0 aliphatic carbocycles. The van der Waals surface area contributed by atoms with Crippen LogP contribution in [-0.2, 0) is 0 Å². The Hall–Kier alpha value is -3.32. The van der Waals surface area contributed by atoms with Crippen molar-refractivity contribution in [2.75, 3.05) is 6.61 Å². The molecule has 3 aromatic rings. The third-order valence-corrected chi connectivity index (χ3v) is 4.24. The predicted molar refractivity (Wildman–Crippen MR) is 104 cm³/mol. The first-order valence-electron chi connectivity index (χ1n) is 8.59. The van der Waals surface area contributed by atoms with Gasteiger partial charge in [0.2, 0.25) is 0 Å². The summed E-state index contributed by atoms with van der Waals surface area (Å²) in [7, 11) is 0. The monoisotopic (exact) mass is 343 g/mol. The van der Waals surface area contributed by atoms with Gasteiger partial charge in [-0.05, 0) is 74.9 Å². The number of pyridine rings is 1. The van der Waals surface area contributed by atoms with Crippen LogP contribution in [0.4, 0.5) is 0 Å². The highest BCUT2D eigenvalue weighted by molar-refractivity contribution is 5.88. The minimum atomic E-state index is 0.553. The van der Waals surface area contributed by atoms with Crippen molar-refractivity contribution in [1.82, 2.24) is 9.55 Å². The lowest BCUT2D eigenvalue weighted by Gasteiger charge is -2.11. The Balaban J connectivity index is 2.00. The normalized spacial score (nSPS) is 11.2. The number of hydrogen-bond donors (Lipinski definition) is 0. The van der Waals surface area contributed by atoms with Crippen LogP contribution in [0.2, 0.25) is 0 Å². The molecule has 0 N–H and O–H groups in total. The van der Waals surface area contributed by atoms with Gasteiger partial charge in [0.15, 0.2) is 0 Å². The summed E-state index contributed by atoms with van der Waals surface area (Å²) >= 11 is 0. The molecule has 0 saturated heterocycles. The van der Waals surface area contributed by atoms with Crippen molar-refractivity contribution in [1.29, 1.82) is 5.26 Å². The molecule has 0 atom stereocenters. The molecule has 0 radical (unpaired) electrons. The molecule has 4 nitrogen and oxygen atoms in total. The highest BCUT2D eigenvalue weighted by Crippen LogP contribution is 2.25. The van der Waals surface area contributed by atoms with E-state index in [1.165, 1.54) is 0 Å². The fourth-order valence-corrected chi connectivity index (χ4v) is 3.03. The number of rotatable bonds is 5. The second kappa shape index (κ2) is 7.71. The maximum atomic E-state index is 9.53. The smallest absolute Gasteiger partial charge is 0.119 e. The van der Waals surface area contributed by atoms with E-state index in [9.17, 15) is 5.26 Å². The molecule has 0 unspecified atom stereocenters. The Morgan fingerprint density at radius 3 is 2.58 bits per heavy atom. The number of ether oxygens (including phenoxy) is 1. The maximum absolute atomic E-state index is 9.53. The van der Waals surface area contributed by atoms with Gasteiger partial charge in [0.05, 0.1) is 17.9 Å². The van der Waals surface area contributed by atoms with Crippen molar-refractivity contribution < 1.29 is 4.74 Å². The van der Waals surface area contributed by atoms with E-state index in [0.29, 0.717) is 17.9 Å². The number of benzene rings is 1. The average Bonchev–Trinajstić information content (AvgIpc) is 2.95. The minimum absolute atomic E-state index is 0.553. The Morgan fingerprint density at radius 1 is 1.19 bits per heavy atom. The molecule has 1 aromatic carbocycles. The fraction of sp³-hybridized carbons (Fsp3) is 0.182. The molecule has 130 valence electrons. The van der Waals surface area contributed by atoms with Crippen LogP contribution in [0.15, 0.2) is 54.7 Å². The van der Waals surface area contributed by atoms with Crippen LogP contribution >= 0.6 is 0 Å². The molecular weight excluding hydrogens is 322 g/mol. The van der Waals surface area contributed by atoms with E-state index in [1.807, 2.05) is 55.5 Å². The van der Waals surface area contributed by atoms with Gasteiger partial charge in [0, 0.05) is 23.3 Å². The second-order valence-electron chi connectivity index (χ2n) is 5.97. The van der Waals surface area contributed by atoms with Gasteiger partial charge in [-0.2, -0.15) is 5.26 Å². The molecule has 2 aromatic heterocycles. The standard InChI is InChI=1S/C22H21N3O/c1-4-26-21-10-8-20(9-11-21)25-16(2)13-18(17(25)3)14-19(15-23)22-7-5-6-12-24-22/h5-14H,4H2,1-3H3. The lowest BCUT2D eigenvalue weighted by molar-refractivity contribution is 0.340. The van der Waals surface area contributed by atoms with E-state index in [4.69, 9.17) is 4.74 Å². The van der Waals surface area contributed by atoms with Crippen LogP contribution in [0.25, 0.3) is 17.3 Å². The number of hydrogen-bond acceptors (Lipinski definition) is 3. The molecule has 0 aliphatic heterocycles. The largest absolute Gasteiger partial charge is 0.494 e. The fourth-order valence-electron chi connectivity index (χ4n) is 3.03. The summed E-state index contributed by atoms with van der Waals surface area (Å²) in [5.74, 6) is 0.862. The highest BCUT2D eigenvalue weighted by atomic mass is 16.5. The second-order valence-corrected chi connectivity index (χ2v) is 5.97.